The minimum atomic E-state index is -0.0662. The van der Waals surface area contributed by atoms with E-state index in [1.54, 1.807) is 4.90 Å². The van der Waals surface area contributed by atoms with Crippen LogP contribution in [0.5, 0.6) is 0 Å². The van der Waals surface area contributed by atoms with Gasteiger partial charge in [-0.25, -0.2) is 4.99 Å². The number of rotatable bonds is 4. The third-order valence-electron chi connectivity index (χ3n) is 4.24. The van der Waals surface area contributed by atoms with Crippen molar-refractivity contribution in [3.63, 3.8) is 0 Å². The SMILES string of the molecule is O=C1/C(=C\c2ccccc2Cl)SC(=Nc2ccccc2)N1Cc1ccccc1. The van der Waals surface area contributed by atoms with E-state index in [4.69, 9.17) is 16.6 Å². The number of amides is 1. The molecule has 0 aliphatic carbocycles. The van der Waals surface area contributed by atoms with Crippen LogP contribution in [0.25, 0.3) is 6.08 Å². The van der Waals surface area contributed by atoms with Crippen LogP contribution < -0.4 is 0 Å². The molecule has 1 aliphatic rings. The van der Waals surface area contributed by atoms with Gasteiger partial charge < -0.3 is 0 Å². The Hall–Kier alpha value is -2.82. The summed E-state index contributed by atoms with van der Waals surface area (Å²) < 4.78 is 0. The topological polar surface area (TPSA) is 32.7 Å². The number of benzene rings is 3. The quantitative estimate of drug-likeness (QED) is 0.489. The number of para-hydroxylation sites is 1. The zero-order valence-electron chi connectivity index (χ0n) is 15.0. The average Bonchev–Trinajstić information content (AvgIpc) is 3.00. The van der Waals surface area contributed by atoms with Gasteiger partial charge in [-0.3, -0.25) is 9.69 Å². The summed E-state index contributed by atoms with van der Waals surface area (Å²) in [6, 6.07) is 27.1. The first-order chi connectivity index (χ1) is 13.7. The molecular formula is C23H17ClN2OS. The lowest BCUT2D eigenvalue weighted by Crippen LogP contribution is -2.28. The van der Waals surface area contributed by atoms with Gasteiger partial charge in [0.15, 0.2) is 5.17 Å². The standard InChI is InChI=1S/C23H17ClN2OS/c24-20-14-8-7-11-18(20)15-21-22(27)26(16-17-9-3-1-4-10-17)23(28-21)25-19-12-5-2-6-13-19/h1-15H,16H2/b21-15+,25-23?. The number of halogens is 1. The summed E-state index contributed by atoms with van der Waals surface area (Å²) in [5.74, 6) is -0.0662. The van der Waals surface area contributed by atoms with Crippen LogP contribution in [0, 0.1) is 0 Å². The molecule has 0 N–H and O–H groups in total. The lowest BCUT2D eigenvalue weighted by Gasteiger charge is -2.15. The summed E-state index contributed by atoms with van der Waals surface area (Å²) in [4.78, 5) is 20.2. The molecule has 28 heavy (non-hydrogen) atoms. The second kappa shape index (κ2) is 8.46. The molecule has 1 heterocycles. The molecule has 0 spiro atoms. The molecular weight excluding hydrogens is 388 g/mol. The Bertz CT molecular complexity index is 1050. The van der Waals surface area contributed by atoms with Gasteiger partial charge in [0.2, 0.25) is 0 Å². The number of hydrogen-bond donors (Lipinski definition) is 0. The third kappa shape index (κ3) is 4.19. The molecule has 3 aromatic carbocycles. The van der Waals surface area contributed by atoms with Crippen LogP contribution in [0.3, 0.4) is 0 Å². The fourth-order valence-corrected chi connectivity index (χ4v) is 4.02. The maximum absolute atomic E-state index is 13.1. The second-order valence-corrected chi connectivity index (χ2v) is 7.66. The van der Waals surface area contributed by atoms with E-state index in [-0.39, 0.29) is 5.91 Å². The minimum absolute atomic E-state index is 0.0662. The molecule has 0 saturated carbocycles. The largest absolute Gasteiger partial charge is 0.282 e. The molecule has 3 nitrogen and oxygen atoms in total. The van der Waals surface area contributed by atoms with Crippen LogP contribution in [0.4, 0.5) is 5.69 Å². The lowest BCUT2D eigenvalue weighted by molar-refractivity contribution is -0.122. The zero-order valence-corrected chi connectivity index (χ0v) is 16.5. The van der Waals surface area contributed by atoms with E-state index >= 15 is 0 Å². The van der Waals surface area contributed by atoms with Gasteiger partial charge >= 0.3 is 0 Å². The van der Waals surface area contributed by atoms with Crippen LogP contribution >= 0.6 is 23.4 Å². The Labute approximate surface area is 173 Å². The first-order valence-electron chi connectivity index (χ1n) is 8.84. The number of carbonyl (C=O) groups is 1. The van der Waals surface area contributed by atoms with E-state index in [0.717, 1.165) is 16.8 Å². The minimum Gasteiger partial charge on any atom is -0.282 e. The van der Waals surface area contributed by atoms with E-state index in [2.05, 4.69) is 0 Å². The smallest absolute Gasteiger partial charge is 0.267 e. The van der Waals surface area contributed by atoms with Gasteiger partial charge in [-0.1, -0.05) is 78.3 Å². The summed E-state index contributed by atoms with van der Waals surface area (Å²) in [5.41, 5.74) is 2.69. The Morgan fingerprint density at radius 2 is 1.54 bits per heavy atom. The highest BCUT2D eigenvalue weighted by Crippen LogP contribution is 2.36. The molecule has 5 heteroatoms. The molecule has 0 radical (unpaired) electrons. The van der Waals surface area contributed by atoms with Gasteiger partial charge in [0.1, 0.15) is 0 Å². The fourth-order valence-electron chi connectivity index (χ4n) is 2.84. The number of thioether (sulfide) groups is 1. The maximum atomic E-state index is 13.1. The van der Waals surface area contributed by atoms with E-state index in [1.807, 2.05) is 91.0 Å². The molecule has 138 valence electrons. The fraction of sp³-hybridized carbons (Fsp3) is 0.0435. The van der Waals surface area contributed by atoms with Gasteiger partial charge in [0.25, 0.3) is 5.91 Å². The monoisotopic (exact) mass is 404 g/mol. The highest BCUT2D eigenvalue weighted by Gasteiger charge is 2.33. The highest BCUT2D eigenvalue weighted by molar-refractivity contribution is 8.18. The van der Waals surface area contributed by atoms with Gasteiger partial charge in [0, 0.05) is 5.02 Å². The van der Waals surface area contributed by atoms with Gasteiger partial charge in [-0.15, -0.1) is 0 Å². The van der Waals surface area contributed by atoms with Crippen molar-refractivity contribution in [3.8, 4) is 0 Å². The van der Waals surface area contributed by atoms with Crippen molar-refractivity contribution < 1.29 is 4.79 Å². The molecule has 1 aliphatic heterocycles. The maximum Gasteiger partial charge on any atom is 0.267 e. The molecule has 1 saturated heterocycles. The molecule has 4 rings (SSSR count). The molecule has 0 aromatic heterocycles. The number of carbonyl (C=O) groups excluding carboxylic acids is 1. The average molecular weight is 405 g/mol. The van der Waals surface area contributed by atoms with Crippen molar-refractivity contribution in [2.45, 2.75) is 6.54 Å². The summed E-state index contributed by atoms with van der Waals surface area (Å²) in [7, 11) is 0. The summed E-state index contributed by atoms with van der Waals surface area (Å²) >= 11 is 7.65. The molecule has 1 fully saturated rings. The first-order valence-corrected chi connectivity index (χ1v) is 10.0. The number of nitrogens with zero attached hydrogens (tertiary/aromatic N) is 2. The Balaban J connectivity index is 1.71. The predicted octanol–water partition coefficient (Wildman–Crippen LogP) is 6.14. The number of hydrogen-bond acceptors (Lipinski definition) is 3. The Morgan fingerprint density at radius 3 is 2.25 bits per heavy atom. The number of amidine groups is 1. The summed E-state index contributed by atoms with van der Waals surface area (Å²) in [6.45, 7) is 0.470. The van der Waals surface area contributed by atoms with Crippen molar-refractivity contribution in [1.29, 1.82) is 0 Å². The van der Waals surface area contributed by atoms with Crippen molar-refractivity contribution >= 4 is 46.2 Å². The normalized spacial score (nSPS) is 16.9. The van der Waals surface area contributed by atoms with E-state index in [0.29, 0.717) is 21.6 Å². The second-order valence-electron chi connectivity index (χ2n) is 6.24. The van der Waals surface area contributed by atoms with Gasteiger partial charge in [0.05, 0.1) is 17.1 Å². The Morgan fingerprint density at radius 1 is 0.893 bits per heavy atom. The Kier molecular flexibility index (Phi) is 5.60. The zero-order chi connectivity index (χ0) is 19.3. The first kappa shape index (κ1) is 18.5. The van der Waals surface area contributed by atoms with Crippen LogP contribution in [0.1, 0.15) is 11.1 Å². The summed E-state index contributed by atoms with van der Waals surface area (Å²) in [6.07, 6.45) is 1.83. The van der Waals surface area contributed by atoms with E-state index < -0.39 is 0 Å². The van der Waals surface area contributed by atoms with E-state index in [1.165, 1.54) is 11.8 Å². The third-order valence-corrected chi connectivity index (χ3v) is 5.60. The highest BCUT2D eigenvalue weighted by atomic mass is 35.5. The van der Waals surface area contributed by atoms with Crippen LogP contribution in [0.2, 0.25) is 5.02 Å². The summed E-state index contributed by atoms with van der Waals surface area (Å²) in [5, 5.41) is 1.28. The van der Waals surface area contributed by atoms with Crippen molar-refractivity contribution in [2.75, 3.05) is 0 Å². The molecule has 1 amide bonds. The van der Waals surface area contributed by atoms with Crippen LogP contribution in [-0.2, 0) is 11.3 Å². The van der Waals surface area contributed by atoms with Crippen LogP contribution in [-0.4, -0.2) is 16.0 Å². The molecule has 0 unspecified atom stereocenters. The lowest BCUT2D eigenvalue weighted by atomic mass is 10.2. The molecule has 3 aromatic rings. The molecule has 0 atom stereocenters. The van der Waals surface area contributed by atoms with Crippen LogP contribution in [0.15, 0.2) is 94.8 Å². The van der Waals surface area contributed by atoms with Crippen molar-refractivity contribution in [3.05, 3.63) is 106 Å². The van der Waals surface area contributed by atoms with Crippen molar-refractivity contribution in [1.82, 2.24) is 4.90 Å². The van der Waals surface area contributed by atoms with E-state index in [9.17, 15) is 4.79 Å². The number of aliphatic imine (C=N–C) groups is 1. The van der Waals surface area contributed by atoms with Crippen molar-refractivity contribution in [2.24, 2.45) is 4.99 Å². The van der Waals surface area contributed by atoms with Gasteiger partial charge in [-0.05, 0) is 47.2 Å². The van der Waals surface area contributed by atoms with Gasteiger partial charge in [-0.2, -0.15) is 0 Å². The predicted molar refractivity (Wildman–Crippen MR) is 118 cm³/mol. The molecule has 0 bridgehead atoms.